The number of hydrogen-bond acceptors (Lipinski definition) is 4. The number of rotatable bonds is 0. The summed E-state index contributed by atoms with van der Waals surface area (Å²) >= 11 is 1.21. The van der Waals surface area contributed by atoms with Crippen molar-refractivity contribution < 1.29 is 13.2 Å². The molecule has 6 heteroatoms. The molecule has 14 heavy (non-hydrogen) atoms. The summed E-state index contributed by atoms with van der Waals surface area (Å²) in [6, 6.07) is 6.71. The summed E-state index contributed by atoms with van der Waals surface area (Å²) < 4.78 is 31.4. The van der Waals surface area contributed by atoms with Gasteiger partial charge in [-0.2, -0.15) is 8.42 Å². The Morgan fingerprint density at radius 1 is 1.36 bits per heavy atom. The Morgan fingerprint density at radius 2 is 2.07 bits per heavy atom. The van der Waals surface area contributed by atoms with E-state index in [1.165, 1.54) is 24.9 Å². The van der Waals surface area contributed by atoms with Crippen molar-refractivity contribution >= 4 is 27.0 Å². The van der Waals surface area contributed by atoms with Crippen LogP contribution >= 0.6 is 11.8 Å². The normalized spacial score (nSPS) is 18.2. The third-order valence-corrected chi connectivity index (χ3v) is 4.26. The summed E-state index contributed by atoms with van der Waals surface area (Å²) in [7, 11) is -2.16. The monoisotopic (exact) mass is 229 g/mol. The molecule has 0 aromatic heterocycles. The van der Waals surface area contributed by atoms with Crippen molar-refractivity contribution in [3.05, 3.63) is 24.3 Å². The van der Waals surface area contributed by atoms with Crippen LogP contribution in [0.15, 0.2) is 38.5 Å². The number of hydrogen-bond donors (Lipinski definition) is 0. The van der Waals surface area contributed by atoms with E-state index in [0.29, 0.717) is 4.90 Å². The first-order valence-electron chi connectivity index (χ1n) is 3.79. The second-order valence-electron chi connectivity index (χ2n) is 2.59. The molecular weight excluding hydrogens is 222 g/mol. The Kier molecular flexibility index (Phi) is 2.24. The van der Waals surface area contributed by atoms with Gasteiger partial charge < -0.3 is 4.74 Å². The van der Waals surface area contributed by atoms with Gasteiger partial charge in [0.15, 0.2) is 0 Å². The van der Waals surface area contributed by atoms with Crippen molar-refractivity contribution in [3.8, 4) is 0 Å². The van der Waals surface area contributed by atoms with Crippen LogP contribution in [0.2, 0.25) is 0 Å². The molecule has 0 bridgehead atoms. The van der Waals surface area contributed by atoms with Gasteiger partial charge in [0, 0.05) is 4.90 Å². The largest absolute Gasteiger partial charge is 0.475 e. The predicted octanol–water partition coefficient (Wildman–Crippen LogP) is 1.48. The van der Waals surface area contributed by atoms with Crippen molar-refractivity contribution in [2.75, 3.05) is 7.11 Å². The number of methoxy groups -OCH3 is 1. The van der Waals surface area contributed by atoms with E-state index < -0.39 is 10.0 Å². The maximum atomic E-state index is 11.6. The van der Waals surface area contributed by atoms with E-state index in [-0.39, 0.29) is 10.1 Å². The Bertz CT molecular complexity index is 493. The number of thioether (sulfide) groups is 1. The quantitative estimate of drug-likeness (QED) is 0.676. The van der Waals surface area contributed by atoms with Crippen LogP contribution < -0.4 is 0 Å². The van der Waals surface area contributed by atoms with Crippen LogP contribution in [0.4, 0.5) is 0 Å². The van der Waals surface area contributed by atoms with E-state index in [2.05, 4.69) is 4.40 Å². The standard InChI is InChI=1S/C8H7NO3S2/c1-12-8-9-14(10,11)7-5-3-2-4-6(7)13-8/h2-5H,1H3. The lowest BCUT2D eigenvalue weighted by Gasteiger charge is -2.13. The second kappa shape index (κ2) is 3.29. The zero-order valence-electron chi connectivity index (χ0n) is 7.30. The van der Waals surface area contributed by atoms with Gasteiger partial charge in [0.25, 0.3) is 15.3 Å². The molecule has 2 rings (SSSR count). The van der Waals surface area contributed by atoms with Gasteiger partial charge in [-0.15, -0.1) is 4.40 Å². The van der Waals surface area contributed by atoms with E-state index in [1.807, 2.05) is 0 Å². The van der Waals surface area contributed by atoms with Gasteiger partial charge >= 0.3 is 0 Å². The lowest BCUT2D eigenvalue weighted by Crippen LogP contribution is -2.10. The van der Waals surface area contributed by atoms with Crippen LogP contribution in [0.1, 0.15) is 0 Å². The van der Waals surface area contributed by atoms with Crippen LogP contribution in [0, 0.1) is 0 Å². The fourth-order valence-corrected chi connectivity index (χ4v) is 3.50. The maximum Gasteiger partial charge on any atom is 0.287 e. The van der Waals surface area contributed by atoms with E-state index in [0.717, 1.165) is 0 Å². The number of fused-ring (bicyclic) bond motifs is 1. The third-order valence-electron chi connectivity index (χ3n) is 1.69. The molecule has 0 unspecified atom stereocenters. The van der Waals surface area contributed by atoms with E-state index >= 15 is 0 Å². The number of benzene rings is 1. The minimum Gasteiger partial charge on any atom is -0.475 e. The SMILES string of the molecule is COC1=NS(=O)(=O)c2ccccc2S1. The Morgan fingerprint density at radius 3 is 2.79 bits per heavy atom. The van der Waals surface area contributed by atoms with Gasteiger partial charge in [-0.25, -0.2) is 0 Å². The molecule has 0 atom stereocenters. The summed E-state index contributed by atoms with van der Waals surface area (Å²) in [4.78, 5) is 0.894. The fourth-order valence-electron chi connectivity index (χ4n) is 1.09. The highest BCUT2D eigenvalue weighted by molar-refractivity contribution is 8.15. The molecule has 0 aliphatic carbocycles. The molecule has 74 valence electrons. The highest BCUT2D eigenvalue weighted by Crippen LogP contribution is 2.33. The van der Waals surface area contributed by atoms with Gasteiger partial charge in [-0.1, -0.05) is 12.1 Å². The average molecular weight is 229 g/mol. The minimum absolute atomic E-state index is 0.156. The molecule has 1 aliphatic rings. The first kappa shape index (κ1) is 9.54. The highest BCUT2D eigenvalue weighted by Gasteiger charge is 2.25. The van der Waals surface area contributed by atoms with Crippen LogP contribution in [0.25, 0.3) is 0 Å². The second-order valence-corrected chi connectivity index (χ2v) is 5.15. The summed E-state index contributed by atoms with van der Waals surface area (Å²) in [6.45, 7) is 0. The van der Waals surface area contributed by atoms with Crippen LogP contribution in [0.5, 0.6) is 0 Å². The number of sulfonamides is 1. The van der Waals surface area contributed by atoms with Crippen LogP contribution in [-0.2, 0) is 14.8 Å². The average Bonchev–Trinajstić information content (AvgIpc) is 2.17. The molecule has 0 spiro atoms. The molecule has 1 aromatic carbocycles. The minimum atomic E-state index is -3.56. The van der Waals surface area contributed by atoms with Gasteiger partial charge in [-0.3, -0.25) is 0 Å². The smallest absolute Gasteiger partial charge is 0.287 e. The van der Waals surface area contributed by atoms with Crippen molar-refractivity contribution in [2.45, 2.75) is 9.79 Å². The molecule has 1 heterocycles. The van der Waals surface area contributed by atoms with E-state index in [4.69, 9.17) is 4.74 Å². The van der Waals surface area contributed by atoms with Crippen LogP contribution in [-0.4, -0.2) is 20.8 Å². The third kappa shape index (κ3) is 1.51. The lowest BCUT2D eigenvalue weighted by atomic mass is 10.4. The summed E-state index contributed by atoms with van der Waals surface area (Å²) in [6.07, 6.45) is 0. The fraction of sp³-hybridized carbons (Fsp3) is 0.125. The molecule has 0 fully saturated rings. The predicted molar refractivity (Wildman–Crippen MR) is 53.9 cm³/mol. The van der Waals surface area contributed by atoms with E-state index in [1.54, 1.807) is 18.2 Å². The molecule has 4 nitrogen and oxygen atoms in total. The first-order chi connectivity index (χ1) is 6.63. The van der Waals surface area contributed by atoms with Gasteiger partial charge in [-0.05, 0) is 23.9 Å². The maximum absolute atomic E-state index is 11.6. The molecule has 0 radical (unpaired) electrons. The van der Waals surface area contributed by atoms with Crippen molar-refractivity contribution in [1.29, 1.82) is 0 Å². The molecule has 0 amide bonds. The van der Waals surface area contributed by atoms with Gasteiger partial charge in [0.05, 0.1) is 7.11 Å². The molecule has 0 saturated carbocycles. The first-order valence-corrected chi connectivity index (χ1v) is 6.05. The zero-order chi connectivity index (χ0) is 10.2. The summed E-state index contributed by atoms with van der Waals surface area (Å²) in [5, 5.41) is 0.156. The molecule has 0 saturated heterocycles. The van der Waals surface area contributed by atoms with Gasteiger partial charge in [0.1, 0.15) is 4.90 Å². The summed E-state index contributed by atoms with van der Waals surface area (Å²) in [5.41, 5.74) is 0. The number of ether oxygens (including phenoxy) is 1. The Labute approximate surface area is 86.0 Å². The van der Waals surface area contributed by atoms with E-state index in [9.17, 15) is 8.42 Å². The lowest BCUT2D eigenvalue weighted by molar-refractivity contribution is 0.416. The zero-order valence-corrected chi connectivity index (χ0v) is 8.93. The Hall–Kier alpha value is -1.01. The molecule has 0 N–H and O–H groups in total. The van der Waals surface area contributed by atoms with Gasteiger partial charge in [0.2, 0.25) is 0 Å². The molecular formula is C8H7NO3S2. The molecule has 1 aromatic rings. The molecule has 1 aliphatic heterocycles. The Balaban J connectivity index is 2.63. The van der Waals surface area contributed by atoms with Crippen LogP contribution in [0.3, 0.4) is 0 Å². The van der Waals surface area contributed by atoms with Crippen molar-refractivity contribution in [3.63, 3.8) is 0 Å². The highest BCUT2D eigenvalue weighted by atomic mass is 32.2. The van der Waals surface area contributed by atoms with Crippen molar-refractivity contribution in [1.82, 2.24) is 0 Å². The number of nitrogens with zero attached hydrogens (tertiary/aromatic N) is 1. The topological polar surface area (TPSA) is 55.7 Å². The summed E-state index contributed by atoms with van der Waals surface area (Å²) in [5.74, 6) is 0. The van der Waals surface area contributed by atoms with Crippen molar-refractivity contribution in [2.24, 2.45) is 4.40 Å².